The van der Waals surface area contributed by atoms with Gasteiger partial charge in [-0.25, -0.2) is 5.10 Å². The molecule has 7 heteroatoms. The Morgan fingerprint density at radius 1 is 1.37 bits per heavy atom. The molecule has 2 aromatic rings. The topological polar surface area (TPSA) is 101 Å². The Kier molecular flexibility index (Phi) is 3.82. The Balaban J connectivity index is 2.08. The van der Waals surface area contributed by atoms with Crippen LogP contribution in [0.5, 0.6) is 0 Å². The third kappa shape index (κ3) is 3.11. The zero-order valence-corrected chi connectivity index (χ0v) is 10.6. The van der Waals surface area contributed by atoms with Crippen LogP contribution in [0, 0.1) is 0 Å². The number of halogens is 1. The van der Waals surface area contributed by atoms with Crippen LogP contribution in [0.2, 0.25) is 5.02 Å². The molecule has 19 heavy (non-hydrogen) atoms. The summed E-state index contributed by atoms with van der Waals surface area (Å²) < 4.78 is 0. The van der Waals surface area contributed by atoms with Crippen LogP contribution in [0.4, 0.5) is 5.69 Å². The van der Waals surface area contributed by atoms with Crippen LogP contribution >= 0.6 is 11.6 Å². The number of H-pyrrole nitrogens is 1. The van der Waals surface area contributed by atoms with Gasteiger partial charge in [0.2, 0.25) is 5.91 Å². The lowest BCUT2D eigenvalue weighted by atomic mass is 10.1. The summed E-state index contributed by atoms with van der Waals surface area (Å²) in [5.74, 6) is -0.471. The van der Waals surface area contributed by atoms with E-state index in [2.05, 4.69) is 15.5 Å². The molecule has 0 bridgehead atoms. The van der Waals surface area contributed by atoms with Crippen molar-refractivity contribution in [3.8, 4) is 0 Å². The van der Waals surface area contributed by atoms with Crippen molar-refractivity contribution in [1.29, 1.82) is 0 Å². The van der Waals surface area contributed by atoms with E-state index in [4.69, 9.17) is 17.3 Å². The van der Waals surface area contributed by atoms with Crippen LogP contribution < -0.4 is 16.6 Å². The predicted octanol–water partition coefficient (Wildman–Crippen LogP) is 1.13. The van der Waals surface area contributed by atoms with Crippen molar-refractivity contribution in [2.45, 2.75) is 6.54 Å². The molecule has 1 amide bonds. The number of nitrogens with two attached hydrogens (primary N) is 1. The lowest BCUT2D eigenvalue weighted by molar-refractivity contribution is 0.100. The smallest absolute Gasteiger partial charge is 0.285 e. The average molecular weight is 279 g/mol. The number of rotatable bonds is 4. The third-order valence-electron chi connectivity index (χ3n) is 2.52. The van der Waals surface area contributed by atoms with Gasteiger partial charge in [-0.2, -0.15) is 5.10 Å². The Morgan fingerprint density at radius 3 is 2.68 bits per heavy atom. The quantitative estimate of drug-likeness (QED) is 0.780. The van der Waals surface area contributed by atoms with Crippen molar-refractivity contribution >= 4 is 23.2 Å². The van der Waals surface area contributed by atoms with Gasteiger partial charge in [-0.15, -0.1) is 0 Å². The zero-order valence-electron chi connectivity index (χ0n) is 9.81. The molecule has 0 saturated carbocycles. The molecule has 0 spiro atoms. The fourth-order valence-electron chi connectivity index (χ4n) is 1.49. The highest BCUT2D eigenvalue weighted by Gasteiger charge is 2.05. The Hall–Kier alpha value is -2.34. The van der Waals surface area contributed by atoms with Crippen molar-refractivity contribution in [3.05, 3.63) is 57.0 Å². The molecule has 0 radical (unpaired) electrons. The lowest BCUT2D eigenvalue weighted by Crippen LogP contribution is -2.12. The van der Waals surface area contributed by atoms with E-state index in [-0.39, 0.29) is 5.02 Å². The van der Waals surface area contributed by atoms with Gasteiger partial charge in [-0.1, -0.05) is 23.7 Å². The maximum Gasteiger partial charge on any atom is 0.285 e. The largest absolute Gasteiger partial charge is 0.378 e. The minimum absolute atomic E-state index is 0.0590. The monoisotopic (exact) mass is 278 g/mol. The third-order valence-corrected chi connectivity index (χ3v) is 2.89. The van der Waals surface area contributed by atoms with Crippen molar-refractivity contribution in [2.24, 2.45) is 5.73 Å². The molecule has 1 aromatic heterocycles. The molecule has 4 N–H and O–H groups in total. The first kappa shape index (κ1) is 13.1. The molecule has 1 heterocycles. The number of nitrogens with zero attached hydrogens (tertiary/aromatic N) is 1. The molecule has 0 aliphatic rings. The highest BCUT2D eigenvalue weighted by atomic mass is 35.5. The summed E-state index contributed by atoms with van der Waals surface area (Å²) in [4.78, 5) is 22.1. The van der Waals surface area contributed by atoms with E-state index in [1.165, 1.54) is 6.20 Å². The molecule has 6 nitrogen and oxygen atoms in total. The SMILES string of the molecule is NC(=O)c1ccc(CNc2cn[nH]c(=O)c2Cl)cc1. The van der Waals surface area contributed by atoms with Crippen molar-refractivity contribution in [3.63, 3.8) is 0 Å². The highest BCUT2D eigenvalue weighted by molar-refractivity contribution is 6.32. The number of carbonyl (C=O) groups excluding carboxylic acids is 1. The summed E-state index contributed by atoms with van der Waals surface area (Å²) in [6.45, 7) is 0.448. The lowest BCUT2D eigenvalue weighted by Gasteiger charge is -2.07. The first-order valence-electron chi connectivity index (χ1n) is 5.43. The van der Waals surface area contributed by atoms with Crippen molar-refractivity contribution in [2.75, 3.05) is 5.32 Å². The molecule has 0 fully saturated rings. The maximum atomic E-state index is 11.2. The number of primary amides is 1. The summed E-state index contributed by atoms with van der Waals surface area (Å²) in [6.07, 6.45) is 1.43. The van der Waals surface area contributed by atoms with E-state index in [1.54, 1.807) is 24.3 Å². The zero-order chi connectivity index (χ0) is 13.8. The van der Waals surface area contributed by atoms with Crippen LogP contribution in [0.25, 0.3) is 0 Å². The number of hydrogen-bond acceptors (Lipinski definition) is 4. The van der Waals surface area contributed by atoms with Gasteiger partial charge in [0.25, 0.3) is 5.56 Å². The summed E-state index contributed by atoms with van der Waals surface area (Å²) in [6, 6.07) is 6.80. The minimum atomic E-state index is -0.471. The predicted molar refractivity (Wildman–Crippen MR) is 72.2 cm³/mol. The van der Waals surface area contributed by atoms with E-state index in [1.807, 2.05) is 0 Å². The highest BCUT2D eigenvalue weighted by Crippen LogP contribution is 2.15. The number of aromatic nitrogens is 2. The van der Waals surface area contributed by atoms with Gasteiger partial charge >= 0.3 is 0 Å². The summed E-state index contributed by atoms with van der Waals surface area (Å²) >= 11 is 5.82. The number of hydrogen-bond donors (Lipinski definition) is 3. The molecule has 2 rings (SSSR count). The summed E-state index contributed by atoms with van der Waals surface area (Å²) in [7, 11) is 0. The van der Waals surface area contributed by atoms with Gasteiger partial charge in [-0.05, 0) is 17.7 Å². The number of nitrogens with one attached hydrogen (secondary N) is 2. The van der Waals surface area contributed by atoms with Gasteiger partial charge in [0.15, 0.2) is 0 Å². The fourth-order valence-corrected chi connectivity index (χ4v) is 1.65. The van der Waals surface area contributed by atoms with Crippen LogP contribution in [0.15, 0.2) is 35.3 Å². The van der Waals surface area contributed by atoms with Gasteiger partial charge in [0.1, 0.15) is 5.02 Å². The summed E-state index contributed by atoms with van der Waals surface area (Å²) in [5.41, 5.74) is 6.51. The number of aromatic amines is 1. The van der Waals surface area contributed by atoms with Gasteiger partial charge in [0, 0.05) is 12.1 Å². The Labute approximate surface area is 113 Å². The molecule has 0 aliphatic heterocycles. The molecular weight excluding hydrogens is 268 g/mol. The van der Waals surface area contributed by atoms with Crippen LogP contribution in [0.3, 0.4) is 0 Å². The van der Waals surface area contributed by atoms with Crippen molar-refractivity contribution < 1.29 is 4.79 Å². The molecule has 0 unspecified atom stereocenters. The number of anilines is 1. The molecule has 0 atom stereocenters. The van der Waals surface area contributed by atoms with E-state index < -0.39 is 11.5 Å². The van der Waals surface area contributed by atoms with E-state index >= 15 is 0 Å². The number of benzene rings is 1. The van der Waals surface area contributed by atoms with Crippen LogP contribution in [-0.4, -0.2) is 16.1 Å². The standard InChI is InChI=1S/C12H11ClN4O2/c13-10-9(6-16-17-12(10)19)15-5-7-1-3-8(4-2-7)11(14)18/h1-4,6H,5H2,(H2,14,18)(H2,15,17,19). The van der Waals surface area contributed by atoms with Crippen LogP contribution in [-0.2, 0) is 6.54 Å². The molecule has 0 aliphatic carbocycles. The molecule has 1 aromatic carbocycles. The second kappa shape index (κ2) is 5.53. The van der Waals surface area contributed by atoms with E-state index in [0.29, 0.717) is 17.8 Å². The number of carbonyl (C=O) groups is 1. The first-order valence-corrected chi connectivity index (χ1v) is 5.81. The Bertz CT molecular complexity index is 652. The molecule has 0 saturated heterocycles. The van der Waals surface area contributed by atoms with Gasteiger partial charge in [-0.3, -0.25) is 9.59 Å². The maximum absolute atomic E-state index is 11.2. The van der Waals surface area contributed by atoms with E-state index in [0.717, 1.165) is 5.56 Å². The average Bonchev–Trinajstić information content (AvgIpc) is 2.41. The van der Waals surface area contributed by atoms with Gasteiger partial charge in [0.05, 0.1) is 11.9 Å². The number of amides is 1. The normalized spacial score (nSPS) is 10.2. The van der Waals surface area contributed by atoms with Crippen molar-refractivity contribution in [1.82, 2.24) is 10.2 Å². The second-order valence-corrected chi connectivity index (χ2v) is 4.22. The molecule has 98 valence electrons. The van der Waals surface area contributed by atoms with Gasteiger partial charge < -0.3 is 11.1 Å². The fraction of sp³-hybridized carbons (Fsp3) is 0.0833. The minimum Gasteiger partial charge on any atom is -0.378 e. The van der Waals surface area contributed by atoms with Crippen LogP contribution in [0.1, 0.15) is 15.9 Å². The van der Waals surface area contributed by atoms with E-state index in [9.17, 15) is 9.59 Å². The molecular formula is C12H11ClN4O2. The Morgan fingerprint density at radius 2 is 2.05 bits per heavy atom. The first-order chi connectivity index (χ1) is 9.08. The second-order valence-electron chi connectivity index (χ2n) is 3.84. The summed E-state index contributed by atoms with van der Waals surface area (Å²) in [5, 5.41) is 8.93.